The van der Waals surface area contributed by atoms with Crippen LogP contribution in [0.2, 0.25) is 0 Å². The minimum absolute atomic E-state index is 0.0358. The van der Waals surface area contributed by atoms with Crippen molar-refractivity contribution in [2.75, 3.05) is 54.1 Å². The molecule has 1 aliphatic heterocycles. The Morgan fingerprint density at radius 3 is 2.71 bits per heavy atom. The molecule has 1 saturated heterocycles. The summed E-state index contributed by atoms with van der Waals surface area (Å²) in [6, 6.07) is 8.56. The molecule has 7 nitrogen and oxygen atoms in total. The number of methoxy groups -OCH3 is 1. The molecule has 7 heteroatoms. The number of rotatable bonds is 8. The van der Waals surface area contributed by atoms with E-state index in [1.54, 1.807) is 26.1 Å². The van der Waals surface area contributed by atoms with Crippen molar-refractivity contribution >= 4 is 11.9 Å². The van der Waals surface area contributed by atoms with E-state index in [0.29, 0.717) is 25.0 Å². The van der Waals surface area contributed by atoms with Crippen LogP contribution in [-0.2, 0) is 14.3 Å². The number of aryl methyl sites for hydroxylation is 1. The van der Waals surface area contributed by atoms with Crippen molar-refractivity contribution in [2.24, 2.45) is 10.9 Å². The third kappa shape index (κ3) is 7.13. The summed E-state index contributed by atoms with van der Waals surface area (Å²) in [6.45, 7) is 4.92. The number of hydrogen-bond acceptors (Lipinski definition) is 4. The Bertz CT molecular complexity index is 631. The van der Waals surface area contributed by atoms with Crippen LogP contribution in [-0.4, -0.2) is 70.8 Å². The fourth-order valence-corrected chi connectivity index (χ4v) is 3.14. The summed E-state index contributed by atoms with van der Waals surface area (Å²) in [5.41, 5.74) is 2.46. The van der Waals surface area contributed by atoms with Gasteiger partial charge in [0.1, 0.15) is 6.54 Å². The second kappa shape index (κ2) is 11.7. The summed E-state index contributed by atoms with van der Waals surface area (Å²) < 4.78 is 11.2. The van der Waals surface area contributed by atoms with Gasteiger partial charge < -0.3 is 25.0 Å². The van der Waals surface area contributed by atoms with Gasteiger partial charge in [-0.1, -0.05) is 29.8 Å². The van der Waals surface area contributed by atoms with Crippen molar-refractivity contribution < 1.29 is 14.3 Å². The van der Waals surface area contributed by atoms with Gasteiger partial charge in [0.2, 0.25) is 5.91 Å². The Balaban J connectivity index is 2.00. The molecule has 1 fully saturated rings. The standard InChI is InChI=1S/C21H34N4O3/c1-16-7-9-17(10-8-16)20-18(6-5-12-28-20)14-23-21(22-11-13-27-4)24-15-19(26)25(2)3/h7-10,18,20H,5-6,11-15H2,1-4H3,(H2,22,23,24). The quantitative estimate of drug-likeness (QED) is 0.402. The Morgan fingerprint density at radius 2 is 2.04 bits per heavy atom. The highest BCUT2D eigenvalue weighted by Gasteiger charge is 2.27. The van der Waals surface area contributed by atoms with Crippen LogP contribution in [0.1, 0.15) is 30.1 Å². The minimum Gasteiger partial charge on any atom is -0.383 e. The first-order valence-electron chi connectivity index (χ1n) is 9.90. The molecule has 2 N–H and O–H groups in total. The number of guanidine groups is 1. The number of nitrogens with one attached hydrogen (secondary N) is 2. The lowest BCUT2D eigenvalue weighted by molar-refractivity contribution is -0.127. The van der Waals surface area contributed by atoms with Gasteiger partial charge >= 0.3 is 0 Å². The third-order valence-electron chi connectivity index (χ3n) is 4.85. The van der Waals surface area contributed by atoms with E-state index in [4.69, 9.17) is 9.47 Å². The van der Waals surface area contributed by atoms with Crippen LogP contribution in [0.15, 0.2) is 29.3 Å². The van der Waals surface area contributed by atoms with Crippen LogP contribution in [0.3, 0.4) is 0 Å². The van der Waals surface area contributed by atoms with Crippen molar-refractivity contribution in [1.29, 1.82) is 0 Å². The minimum atomic E-state index is -0.0358. The maximum absolute atomic E-state index is 11.9. The van der Waals surface area contributed by atoms with Crippen LogP contribution in [0.25, 0.3) is 0 Å². The highest BCUT2D eigenvalue weighted by atomic mass is 16.5. The summed E-state index contributed by atoms with van der Waals surface area (Å²) in [4.78, 5) is 17.8. The zero-order valence-corrected chi connectivity index (χ0v) is 17.5. The van der Waals surface area contributed by atoms with Crippen molar-refractivity contribution in [2.45, 2.75) is 25.9 Å². The lowest BCUT2D eigenvalue weighted by Crippen LogP contribution is -2.43. The lowest BCUT2D eigenvalue weighted by atomic mass is 9.89. The maximum atomic E-state index is 11.9. The lowest BCUT2D eigenvalue weighted by Gasteiger charge is -2.32. The van der Waals surface area contributed by atoms with E-state index < -0.39 is 0 Å². The zero-order chi connectivity index (χ0) is 20.4. The predicted molar refractivity (Wildman–Crippen MR) is 111 cm³/mol. The van der Waals surface area contributed by atoms with Gasteiger partial charge in [-0.05, 0) is 25.3 Å². The number of carbonyl (C=O) groups is 1. The summed E-state index contributed by atoms with van der Waals surface area (Å²) in [5, 5.41) is 6.61. The van der Waals surface area contributed by atoms with Gasteiger partial charge in [-0.3, -0.25) is 4.79 Å². The number of aliphatic imine (C=N–C) groups is 1. The molecule has 0 bridgehead atoms. The smallest absolute Gasteiger partial charge is 0.243 e. The van der Waals surface area contributed by atoms with Gasteiger partial charge in [0, 0.05) is 46.8 Å². The van der Waals surface area contributed by atoms with E-state index in [-0.39, 0.29) is 18.6 Å². The number of carbonyl (C=O) groups excluding carboxylic acids is 1. The molecule has 156 valence electrons. The molecule has 0 radical (unpaired) electrons. The fourth-order valence-electron chi connectivity index (χ4n) is 3.14. The number of likely N-dealkylation sites (N-methyl/N-ethyl adjacent to an activating group) is 1. The first-order chi connectivity index (χ1) is 13.5. The molecule has 0 aromatic heterocycles. The third-order valence-corrected chi connectivity index (χ3v) is 4.85. The zero-order valence-electron chi connectivity index (χ0n) is 17.5. The van der Waals surface area contributed by atoms with Gasteiger partial charge in [-0.25, -0.2) is 4.99 Å². The van der Waals surface area contributed by atoms with Gasteiger partial charge in [0.05, 0.1) is 12.7 Å². The molecule has 1 aromatic carbocycles. The largest absolute Gasteiger partial charge is 0.383 e. The normalized spacial score (nSPS) is 19.9. The van der Waals surface area contributed by atoms with Crippen molar-refractivity contribution in [1.82, 2.24) is 15.5 Å². The number of amides is 1. The number of benzene rings is 1. The average molecular weight is 391 g/mol. The number of hydrogen-bond donors (Lipinski definition) is 2. The predicted octanol–water partition coefficient (Wildman–Crippen LogP) is 1.73. The van der Waals surface area contributed by atoms with Crippen molar-refractivity contribution in [3.63, 3.8) is 0 Å². The molecule has 0 saturated carbocycles. The topological polar surface area (TPSA) is 75.2 Å². The van der Waals surface area contributed by atoms with E-state index in [2.05, 4.69) is 46.8 Å². The summed E-state index contributed by atoms with van der Waals surface area (Å²) in [5.74, 6) is 0.933. The summed E-state index contributed by atoms with van der Waals surface area (Å²) >= 11 is 0. The highest BCUT2D eigenvalue weighted by molar-refractivity contribution is 5.84. The van der Waals surface area contributed by atoms with E-state index in [9.17, 15) is 4.79 Å². The molecule has 28 heavy (non-hydrogen) atoms. The van der Waals surface area contributed by atoms with E-state index in [1.165, 1.54) is 11.1 Å². The molecule has 0 spiro atoms. The molecule has 1 heterocycles. The second-order valence-electron chi connectivity index (χ2n) is 7.36. The van der Waals surface area contributed by atoms with Crippen LogP contribution >= 0.6 is 0 Å². The molecule has 0 aliphatic carbocycles. The molecule has 1 amide bonds. The van der Waals surface area contributed by atoms with Gasteiger partial charge in [-0.2, -0.15) is 0 Å². The molecule has 2 unspecified atom stereocenters. The Morgan fingerprint density at radius 1 is 1.29 bits per heavy atom. The molecule has 1 aliphatic rings. The van der Waals surface area contributed by atoms with Crippen LogP contribution in [0.5, 0.6) is 0 Å². The van der Waals surface area contributed by atoms with Crippen molar-refractivity contribution in [3.8, 4) is 0 Å². The first-order valence-corrected chi connectivity index (χ1v) is 9.90. The first kappa shape index (κ1) is 22.2. The van der Waals surface area contributed by atoms with Gasteiger partial charge in [0.25, 0.3) is 0 Å². The van der Waals surface area contributed by atoms with Gasteiger partial charge in [-0.15, -0.1) is 0 Å². The Labute approximate surface area is 168 Å². The van der Waals surface area contributed by atoms with Crippen LogP contribution in [0.4, 0.5) is 0 Å². The number of ether oxygens (including phenoxy) is 2. The van der Waals surface area contributed by atoms with E-state index >= 15 is 0 Å². The molecule has 1 aromatic rings. The average Bonchev–Trinajstić information content (AvgIpc) is 2.70. The molecular formula is C21H34N4O3. The molecule has 2 rings (SSSR count). The number of nitrogens with zero attached hydrogens (tertiary/aromatic N) is 2. The Kier molecular flexibility index (Phi) is 9.23. The summed E-state index contributed by atoms with van der Waals surface area (Å²) in [6.07, 6.45) is 2.22. The van der Waals surface area contributed by atoms with E-state index in [0.717, 1.165) is 26.0 Å². The SMILES string of the molecule is COCCNC(=NCC(=O)N(C)C)NCC1CCCOC1c1ccc(C)cc1. The molecular weight excluding hydrogens is 356 g/mol. The highest BCUT2D eigenvalue weighted by Crippen LogP contribution is 2.33. The Hall–Kier alpha value is -2.12. The molecule has 2 atom stereocenters. The van der Waals surface area contributed by atoms with Gasteiger partial charge in [0.15, 0.2) is 5.96 Å². The fraction of sp³-hybridized carbons (Fsp3) is 0.619. The van der Waals surface area contributed by atoms with Crippen molar-refractivity contribution in [3.05, 3.63) is 35.4 Å². The summed E-state index contributed by atoms with van der Waals surface area (Å²) in [7, 11) is 5.12. The maximum Gasteiger partial charge on any atom is 0.243 e. The van der Waals surface area contributed by atoms with Crippen LogP contribution in [0, 0.1) is 12.8 Å². The monoisotopic (exact) mass is 390 g/mol. The van der Waals surface area contributed by atoms with Crippen LogP contribution < -0.4 is 10.6 Å². The van der Waals surface area contributed by atoms with E-state index in [1.807, 2.05) is 0 Å². The second-order valence-corrected chi connectivity index (χ2v) is 7.36.